The van der Waals surface area contributed by atoms with Crippen LogP contribution in [0.5, 0.6) is 5.75 Å². The molecule has 1 N–H and O–H groups in total. The zero-order valence-corrected chi connectivity index (χ0v) is 13.1. The molecular formula is C17H19ClFNO. The van der Waals surface area contributed by atoms with Crippen LogP contribution in [0.3, 0.4) is 0 Å². The molecule has 0 radical (unpaired) electrons. The molecule has 4 heteroatoms. The zero-order chi connectivity index (χ0) is 15.4. The second-order valence-electron chi connectivity index (χ2n) is 5.02. The van der Waals surface area contributed by atoms with Crippen molar-refractivity contribution in [3.8, 4) is 5.75 Å². The number of hydrogen-bond acceptors (Lipinski definition) is 2. The quantitative estimate of drug-likeness (QED) is 0.848. The third-order valence-electron chi connectivity index (χ3n) is 3.55. The summed E-state index contributed by atoms with van der Waals surface area (Å²) in [6.45, 7) is 3.94. The van der Waals surface area contributed by atoms with Crippen molar-refractivity contribution in [2.75, 3.05) is 7.11 Å². The summed E-state index contributed by atoms with van der Waals surface area (Å²) in [5, 5.41) is 4.07. The molecule has 0 aliphatic carbocycles. The third kappa shape index (κ3) is 3.74. The Kier molecular flexibility index (Phi) is 5.21. The van der Waals surface area contributed by atoms with Crippen molar-refractivity contribution in [3.05, 3.63) is 64.4 Å². The van der Waals surface area contributed by atoms with Gasteiger partial charge >= 0.3 is 0 Å². The van der Waals surface area contributed by atoms with Crippen molar-refractivity contribution in [2.24, 2.45) is 0 Å². The van der Waals surface area contributed by atoms with Crippen LogP contribution in [0.25, 0.3) is 0 Å². The summed E-state index contributed by atoms with van der Waals surface area (Å²) in [6.07, 6.45) is 0. The van der Waals surface area contributed by atoms with Crippen LogP contribution in [0.4, 0.5) is 4.39 Å². The maximum atomic E-state index is 14.1. The number of rotatable bonds is 5. The van der Waals surface area contributed by atoms with Gasteiger partial charge in [-0.15, -0.1) is 0 Å². The Morgan fingerprint density at radius 3 is 2.33 bits per heavy atom. The lowest BCUT2D eigenvalue weighted by atomic mass is 10.0. The first-order chi connectivity index (χ1) is 10.0. The molecule has 2 atom stereocenters. The van der Waals surface area contributed by atoms with Crippen LogP contribution in [0.15, 0.2) is 42.5 Å². The predicted octanol–water partition coefficient (Wildman–Crippen LogP) is 4.90. The second-order valence-corrected chi connectivity index (χ2v) is 5.43. The van der Waals surface area contributed by atoms with E-state index in [-0.39, 0.29) is 17.9 Å². The normalized spacial score (nSPS) is 13.8. The molecular weight excluding hydrogens is 289 g/mol. The molecule has 2 aromatic rings. The number of nitrogens with one attached hydrogen (secondary N) is 1. The van der Waals surface area contributed by atoms with Gasteiger partial charge in [0.25, 0.3) is 0 Å². The molecule has 2 rings (SSSR count). The van der Waals surface area contributed by atoms with Crippen LogP contribution in [0.2, 0.25) is 5.02 Å². The Labute approximate surface area is 129 Å². The minimum Gasteiger partial charge on any atom is -0.497 e. The van der Waals surface area contributed by atoms with Crippen LogP contribution in [0.1, 0.15) is 37.1 Å². The smallest absolute Gasteiger partial charge is 0.131 e. The van der Waals surface area contributed by atoms with Crippen molar-refractivity contribution in [3.63, 3.8) is 0 Å². The number of benzene rings is 2. The van der Waals surface area contributed by atoms with Gasteiger partial charge in [0.1, 0.15) is 11.6 Å². The van der Waals surface area contributed by atoms with E-state index in [0.29, 0.717) is 16.3 Å². The summed E-state index contributed by atoms with van der Waals surface area (Å²) in [4.78, 5) is 0. The van der Waals surface area contributed by atoms with Gasteiger partial charge in [-0.1, -0.05) is 35.9 Å². The van der Waals surface area contributed by atoms with E-state index in [4.69, 9.17) is 16.3 Å². The van der Waals surface area contributed by atoms with Gasteiger partial charge < -0.3 is 10.1 Å². The molecule has 0 aromatic heterocycles. The maximum Gasteiger partial charge on any atom is 0.131 e. The van der Waals surface area contributed by atoms with Gasteiger partial charge in [-0.3, -0.25) is 0 Å². The summed E-state index contributed by atoms with van der Waals surface area (Å²) in [6, 6.07) is 12.4. The third-order valence-corrected chi connectivity index (χ3v) is 3.89. The van der Waals surface area contributed by atoms with E-state index in [9.17, 15) is 4.39 Å². The Hall–Kier alpha value is -1.58. The molecule has 0 bridgehead atoms. The van der Waals surface area contributed by atoms with Gasteiger partial charge in [0.2, 0.25) is 0 Å². The summed E-state index contributed by atoms with van der Waals surface area (Å²) < 4.78 is 19.1. The largest absolute Gasteiger partial charge is 0.497 e. The predicted molar refractivity (Wildman–Crippen MR) is 84.4 cm³/mol. The Balaban J connectivity index is 2.14. The second kappa shape index (κ2) is 6.92. The summed E-state index contributed by atoms with van der Waals surface area (Å²) >= 11 is 6.19. The van der Waals surface area contributed by atoms with E-state index in [2.05, 4.69) is 5.32 Å². The van der Waals surface area contributed by atoms with Crippen LogP contribution in [-0.4, -0.2) is 7.11 Å². The van der Waals surface area contributed by atoms with E-state index in [0.717, 1.165) is 5.56 Å². The Morgan fingerprint density at radius 2 is 1.71 bits per heavy atom. The monoisotopic (exact) mass is 307 g/mol. The average molecular weight is 308 g/mol. The van der Waals surface area contributed by atoms with Crippen molar-refractivity contribution in [2.45, 2.75) is 25.9 Å². The van der Waals surface area contributed by atoms with Crippen LogP contribution < -0.4 is 10.1 Å². The number of ether oxygens (including phenoxy) is 1. The number of hydrogen-bond donors (Lipinski definition) is 1. The fourth-order valence-corrected chi connectivity index (χ4v) is 2.67. The summed E-state index contributed by atoms with van der Waals surface area (Å²) in [5.41, 5.74) is 1.61. The van der Waals surface area contributed by atoms with Crippen LogP contribution >= 0.6 is 11.6 Å². The molecule has 2 unspecified atom stereocenters. The van der Waals surface area contributed by atoms with Gasteiger partial charge in [0.15, 0.2) is 0 Å². The van der Waals surface area contributed by atoms with E-state index >= 15 is 0 Å². The standard InChI is InChI=1S/C17H19ClFNO/c1-11(14-6-4-5-7-16(14)18)20-12(2)15-9-8-13(21-3)10-17(15)19/h4-12,20H,1-3H3. The first kappa shape index (κ1) is 15.8. The Bertz CT molecular complexity index is 617. The first-order valence-corrected chi connectivity index (χ1v) is 7.24. The number of methoxy groups -OCH3 is 1. The number of halogens is 2. The Morgan fingerprint density at radius 1 is 1.05 bits per heavy atom. The van der Waals surface area contributed by atoms with Gasteiger partial charge in [-0.2, -0.15) is 0 Å². The molecule has 0 saturated heterocycles. The van der Waals surface area contributed by atoms with Crippen molar-refractivity contribution in [1.82, 2.24) is 5.32 Å². The van der Waals surface area contributed by atoms with Crippen molar-refractivity contribution in [1.29, 1.82) is 0 Å². The van der Waals surface area contributed by atoms with E-state index in [1.165, 1.54) is 13.2 Å². The summed E-state index contributed by atoms with van der Waals surface area (Å²) in [7, 11) is 1.52. The molecule has 2 aromatic carbocycles. The lowest BCUT2D eigenvalue weighted by Gasteiger charge is -2.22. The minimum absolute atomic E-state index is 0.0233. The molecule has 0 saturated carbocycles. The van der Waals surface area contributed by atoms with E-state index in [1.807, 2.05) is 38.1 Å². The van der Waals surface area contributed by atoms with E-state index in [1.54, 1.807) is 12.1 Å². The molecule has 0 aliphatic heterocycles. The molecule has 21 heavy (non-hydrogen) atoms. The van der Waals surface area contributed by atoms with Gasteiger partial charge in [-0.05, 0) is 31.5 Å². The lowest BCUT2D eigenvalue weighted by Crippen LogP contribution is -2.23. The fraction of sp³-hybridized carbons (Fsp3) is 0.294. The van der Waals surface area contributed by atoms with Crippen molar-refractivity contribution < 1.29 is 9.13 Å². The molecule has 112 valence electrons. The first-order valence-electron chi connectivity index (χ1n) is 6.87. The van der Waals surface area contributed by atoms with Crippen LogP contribution in [0, 0.1) is 5.82 Å². The lowest BCUT2D eigenvalue weighted by molar-refractivity contribution is 0.408. The van der Waals surface area contributed by atoms with Gasteiger partial charge in [0, 0.05) is 28.7 Å². The molecule has 0 fully saturated rings. The van der Waals surface area contributed by atoms with Crippen molar-refractivity contribution >= 4 is 11.6 Å². The maximum absolute atomic E-state index is 14.1. The highest BCUT2D eigenvalue weighted by molar-refractivity contribution is 6.31. The SMILES string of the molecule is COc1ccc(C(C)NC(C)c2ccccc2Cl)c(F)c1. The van der Waals surface area contributed by atoms with Gasteiger partial charge in [0.05, 0.1) is 7.11 Å². The van der Waals surface area contributed by atoms with Gasteiger partial charge in [-0.25, -0.2) is 4.39 Å². The molecule has 2 nitrogen and oxygen atoms in total. The molecule has 0 amide bonds. The fourth-order valence-electron chi connectivity index (χ4n) is 2.37. The highest BCUT2D eigenvalue weighted by Gasteiger charge is 2.16. The summed E-state index contributed by atoms with van der Waals surface area (Å²) in [5.74, 6) is 0.239. The molecule has 0 aliphatic rings. The topological polar surface area (TPSA) is 21.3 Å². The highest BCUT2D eigenvalue weighted by Crippen LogP contribution is 2.27. The zero-order valence-electron chi connectivity index (χ0n) is 12.4. The van der Waals surface area contributed by atoms with E-state index < -0.39 is 0 Å². The molecule has 0 spiro atoms. The van der Waals surface area contributed by atoms with Crippen LogP contribution in [-0.2, 0) is 0 Å². The highest BCUT2D eigenvalue weighted by atomic mass is 35.5. The molecule has 0 heterocycles. The average Bonchev–Trinajstić information content (AvgIpc) is 2.47. The minimum atomic E-state index is -0.277.